The predicted molar refractivity (Wildman–Crippen MR) is 115 cm³/mol. The minimum absolute atomic E-state index is 0.153. The van der Waals surface area contributed by atoms with Crippen LogP contribution in [0.15, 0.2) is 53.1 Å². The summed E-state index contributed by atoms with van der Waals surface area (Å²) in [6.45, 7) is 3.36. The van der Waals surface area contributed by atoms with Crippen LogP contribution in [0.4, 0.5) is 14.9 Å². The number of hydrogen-bond donors (Lipinski definition) is 2. The van der Waals surface area contributed by atoms with Gasteiger partial charge in [0.1, 0.15) is 17.3 Å². The third-order valence-electron chi connectivity index (χ3n) is 5.11. The van der Waals surface area contributed by atoms with Crippen LogP contribution in [-0.2, 0) is 19.5 Å². The van der Waals surface area contributed by atoms with E-state index >= 15 is 0 Å². The Morgan fingerprint density at radius 1 is 1.16 bits per heavy atom. The molecule has 1 aliphatic rings. The van der Waals surface area contributed by atoms with Gasteiger partial charge in [0.05, 0.1) is 13.2 Å². The summed E-state index contributed by atoms with van der Waals surface area (Å²) in [6, 6.07) is 12.7. The smallest absolute Gasteiger partial charge is 0.322 e. The second-order valence-corrected chi connectivity index (χ2v) is 7.30. The van der Waals surface area contributed by atoms with E-state index in [1.807, 2.05) is 6.92 Å². The lowest BCUT2D eigenvalue weighted by atomic mass is 10.1. The number of urea groups is 1. The quantitative estimate of drug-likeness (QED) is 0.611. The number of halogens is 1. The average molecular weight is 438 g/mol. The van der Waals surface area contributed by atoms with Crippen LogP contribution in [0.25, 0.3) is 0 Å². The van der Waals surface area contributed by atoms with Gasteiger partial charge in [-0.2, -0.15) is 0 Å². The van der Waals surface area contributed by atoms with E-state index in [2.05, 4.69) is 15.8 Å². The molecule has 1 aromatic heterocycles. The van der Waals surface area contributed by atoms with Crippen molar-refractivity contribution >= 4 is 17.6 Å². The first-order valence-corrected chi connectivity index (χ1v) is 10.3. The molecule has 166 valence electrons. The average Bonchev–Trinajstić information content (AvgIpc) is 3.23. The van der Waals surface area contributed by atoms with Gasteiger partial charge in [0.2, 0.25) is 0 Å². The first kappa shape index (κ1) is 21.4. The van der Waals surface area contributed by atoms with E-state index in [4.69, 9.17) is 9.26 Å². The number of ether oxygens (including phenoxy) is 1. The molecule has 0 radical (unpaired) electrons. The lowest BCUT2D eigenvalue weighted by Crippen LogP contribution is -2.39. The minimum atomic E-state index is -0.409. The maximum atomic E-state index is 13.0. The molecule has 8 nitrogen and oxygen atoms in total. The summed E-state index contributed by atoms with van der Waals surface area (Å²) in [6.07, 6.45) is 0.463. The summed E-state index contributed by atoms with van der Waals surface area (Å²) < 4.78 is 23.8. The molecule has 32 heavy (non-hydrogen) atoms. The largest absolute Gasteiger partial charge is 0.494 e. The van der Waals surface area contributed by atoms with Crippen molar-refractivity contribution in [3.05, 3.63) is 76.9 Å². The SMILES string of the molecule is CCOc1ccc(NC(=O)N2CCc3onc(C(=O)NCc4ccc(F)cc4)c3C2)cc1. The Morgan fingerprint density at radius 2 is 1.91 bits per heavy atom. The highest BCUT2D eigenvalue weighted by molar-refractivity contribution is 5.94. The van der Waals surface area contributed by atoms with E-state index in [1.165, 1.54) is 12.1 Å². The van der Waals surface area contributed by atoms with Gasteiger partial charge in [-0.15, -0.1) is 0 Å². The first-order chi connectivity index (χ1) is 15.5. The number of benzene rings is 2. The molecule has 9 heteroatoms. The fraction of sp³-hybridized carbons (Fsp3) is 0.261. The topological polar surface area (TPSA) is 96.7 Å². The van der Waals surface area contributed by atoms with Crippen LogP contribution in [0, 0.1) is 5.82 Å². The van der Waals surface area contributed by atoms with Gasteiger partial charge in [0, 0.05) is 30.8 Å². The zero-order valence-corrected chi connectivity index (χ0v) is 17.6. The van der Waals surface area contributed by atoms with Crippen molar-refractivity contribution in [1.82, 2.24) is 15.4 Å². The van der Waals surface area contributed by atoms with Gasteiger partial charge in [0.25, 0.3) is 5.91 Å². The van der Waals surface area contributed by atoms with Gasteiger partial charge in [-0.1, -0.05) is 17.3 Å². The molecule has 0 fully saturated rings. The summed E-state index contributed by atoms with van der Waals surface area (Å²) >= 11 is 0. The highest BCUT2D eigenvalue weighted by atomic mass is 19.1. The number of hydrogen-bond acceptors (Lipinski definition) is 5. The lowest BCUT2D eigenvalue weighted by molar-refractivity contribution is 0.0940. The number of carbonyl (C=O) groups is 2. The lowest BCUT2D eigenvalue weighted by Gasteiger charge is -2.26. The van der Waals surface area contributed by atoms with Crippen molar-refractivity contribution in [2.45, 2.75) is 26.4 Å². The molecule has 0 atom stereocenters. The van der Waals surface area contributed by atoms with E-state index in [0.29, 0.717) is 36.6 Å². The Bertz CT molecular complexity index is 1100. The van der Waals surface area contributed by atoms with Crippen LogP contribution < -0.4 is 15.4 Å². The van der Waals surface area contributed by atoms with Gasteiger partial charge in [-0.05, 0) is 48.9 Å². The van der Waals surface area contributed by atoms with E-state index in [0.717, 1.165) is 11.3 Å². The molecular weight excluding hydrogens is 415 g/mol. The van der Waals surface area contributed by atoms with Gasteiger partial charge < -0.3 is 24.8 Å². The normalized spacial score (nSPS) is 12.8. The fourth-order valence-corrected chi connectivity index (χ4v) is 3.43. The van der Waals surface area contributed by atoms with E-state index < -0.39 is 5.91 Å². The van der Waals surface area contributed by atoms with Crippen LogP contribution in [0.2, 0.25) is 0 Å². The number of aromatic nitrogens is 1. The third-order valence-corrected chi connectivity index (χ3v) is 5.11. The van der Waals surface area contributed by atoms with E-state index in [1.54, 1.807) is 41.3 Å². The van der Waals surface area contributed by atoms with Gasteiger partial charge >= 0.3 is 6.03 Å². The van der Waals surface area contributed by atoms with Gasteiger partial charge in [-0.3, -0.25) is 4.79 Å². The van der Waals surface area contributed by atoms with Crippen LogP contribution in [-0.4, -0.2) is 35.1 Å². The van der Waals surface area contributed by atoms with Crippen molar-refractivity contribution in [2.24, 2.45) is 0 Å². The van der Waals surface area contributed by atoms with Crippen LogP contribution >= 0.6 is 0 Å². The highest BCUT2D eigenvalue weighted by Crippen LogP contribution is 2.24. The molecule has 1 aliphatic heterocycles. The van der Waals surface area contributed by atoms with Crippen LogP contribution in [0.5, 0.6) is 5.75 Å². The van der Waals surface area contributed by atoms with Crippen molar-refractivity contribution in [3.8, 4) is 5.75 Å². The molecule has 4 rings (SSSR count). The van der Waals surface area contributed by atoms with Crippen molar-refractivity contribution in [3.63, 3.8) is 0 Å². The molecule has 3 aromatic rings. The summed E-state index contributed by atoms with van der Waals surface area (Å²) in [5.41, 5.74) is 2.15. The molecule has 0 aliphatic carbocycles. The van der Waals surface area contributed by atoms with Crippen molar-refractivity contribution < 1.29 is 23.2 Å². The molecule has 0 bridgehead atoms. The minimum Gasteiger partial charge on any atom is -0.494 e. The van der Waals surface area contributed by atoms with Crippen LogP contribution in [0.1, 0.15) is 34.3 Å². The number of anilines is 1. The number of rotatable bonds is 6. The van der Waals surface area contributed by atoms with E-state index in [9.17, 15) is 14.0 Å². The number of nitrogens with zero attached hydrogens (tertiary/aromatic N) is 2. The highest BCUT2D eigenvalue weighted by Gasteiger charge is 2.29. The number of fused-ring (bicyclic) bond motifs is 1. The maximum absolute atomic E-state index is 13.0. The molecule has 2 aromatic carbocycles. The fourth-order valence-electron chi connectivity index (χ4n) is 3.43. The molecule has 0 saturated heterocycles. The Hall–Kier alpha value is -3.88. The standard InChI is InChI=1S/C23H23FN4O4/c1-2-31-18-9-7-17(8-10-18)26-23(30)28-12-11-20-19(14-28)21(27-32-20)22(29)25-13-15-3-5-16(24)6-4-15/h3-10H,2,11-14H2,1H3,(H,25,29)(H,26,30). The summed E-state index contributed by atoms with van der Waals surface area (Å²) in [4.78, 5) is 27.0. The second kappa shape index (κ2) is 9.51. The molecule has 0 unspecified atom stereocenters. The molecule has 2 heterocycles. The molecule has 0 spiro atoms. The van der Waals surface area contributed by atoms with E-state index in [-0.39, 0.29) is 30.6 Å². The van der Waals surface area contributed by atoms with Gasteiger partial charge in [-0.25, -0.2) is 9.18 Å². The van der Waals surface area contributed by atoms with Crippen LogP contribution in [0.3, 0.4) is 0 Å². The predicted octanol–water partition coefficient (Wildman–Crippen LogP) is 3.73. The molecule has 0 saturated carbocycles. The summed E-state index contributed by atoms with van der Waals surface area (Å²) in [5.74, 6) is 0.582. The molecular formula is C23H23FN4O4. The maximum Gasteiger partial charge on any atom is 0.322 e. The molecule has 3 amide bonds. The van der Waals surface area contributed by atoms with Crippen molar-refractivity contribution in [2.75, 3.05) is 18.5 Å². The Labute approximate surface area is 184 Å². The Kier molecular flexibility index (Phi) is 6.34. The van der Waals surface area contributed by atoms with Crippen molar-refractivity contribution in [1.29, 1.82) is 0 Å². The third kappa shape index (κ3) is 4.88. The zero-order chi connectivity index (χ0) is 22.5. The zero-order valence-electron chi connectivity index (χ0n) is 17.6. The van der Waals surface area contributed by atoms with Gasteiger partial charge in [0.15, 0.2) is 5.69 Å². The number of carbonyl (C=O) groups excluding carboxylic acids is 2. The Morgan fingerprint density at radius 3 is 2.62 bits per heavy atom. The summed E-state index contributed by atoms with van der Waals surface area (Å²) in [7, 11) is 0. The second-order valence-electron chi connectivity index (χ2n) is 7.30. The number of amides is 3. The molecule has 2 N–H and O–H groups in total. The monoisotopic (exact) mass is 438 g/mol. The first-order valence-electron chi connectivity index (χ1n) is 10.3. The Balaban J connectivity index is 1.38. The summed E-state index contributed by atoms with van der Waals surface area (Å²) in [5, 5.41) is 9.52. The number of nitrogens with one attached hydrogen (secondary N) is 2.